The first-order valence-corrected chi connectivity index (χ1v) is 10.7. The number of nitrogens with zero attached hydrogens (tertiary/aromatic N) is 3. The second-order valence-corrected chi connectivity index (χ2v) is 8.00. The van der Waals surface area contributed by atoms with Gasteiger partial charge in [-0.1, -0.05) is 47.1 Å². The molecule has 3 aromatic rings. The minimum atomic E-state index is -2.86. The van der Waals surface area contributed by atoms with Crippen molar-refractivity contribution >= 4 is 40.9 Å². The normalized spacial score (nSPS) is 11.0. The first-order chi connectivity index (χ1) is 14.8. The zero-order chi connectivity index (χ0) is 22.4. The second kappa shape index (κ2) is 10.7. The molecule has 7 nitrogen and oxygen atoms in total. The smallest absolute Gasteiger partial charge is 0.387 e. The monoisotopic (exact) mass is 487 g/mol. The van der Waals surface area contributed by atoms with Crippen LogP contribution in [0, 0.1) is 0 Å². The molecular formula is C19H17Cl2F2N5O2S. The van der Waals surface area contributed by atoms with Crippen LogP contribution in [0.15, 0.2) is 47.6 Å². The maximum absolute atomic E-state index is 12.2. The summed E-state index contributed by atoms with van der Waals surface area (Å²) >= 11 is 13.2. The molecule has 0 fully saturated rings. The molecule has 0 aliphatic carbocycles. The van der Waals surface area contributed by atoms with Crippen LogP contribution in [0.2, 0.25) is 10.0 Å². The van der Waals surface area contributed by atoms with Crippen molar-refractivity contribution in [2.45, 2.75) is 18.2 Å². The molecule has 164 valence electrons. The van der Waals surface area contributed by atoms with Gasteiger partial charge in [0.05, 0.1) is 10.8 Å². The van der Waals surface area contributed by atoms with E-state index in [-0.39, 0.29) is 17.4 Å². The second-order valence-electron chi connectivity index (χ2n) is 6.21. The first-order valence-electron chi connectivity index (χ1n) is 8.92. The standard InChI is InChI=1S/C19H17Cl2F2N5O2S/c20-12-3-6-14(15(21)9-12)17-26-27-19(28(17)24)31-10-16(29)25-8-7-11-1-4-13(5-2-11)30-18(22)23/h1-6,9,18H,7-8,10,24H2,(H,25,29). The topological polar surface area (TPSA) is 95.1 Å². The predicted molar refractivity (Wildman–Crippen MR) is 116 cm³/mol. The van der Waals surface area contributed by atoms with Gasteiger partial charge in [0.1, 0.15) is 5.75 Å². The van der Waals surface area contributed by atoms with Crippen LogP contribution in [0.3, 0.4) is 0 Å². The molecule has 1 amide bonds. The van der Waals surface area contributed by atoms with Gasteiger partial charge < -0.3 is 15.9 Å². The van der Waals surface area contributed by atoms with E-state index >= 15 is 0 Å². The molecule has 3 rings (SSSR count). The van der Waals surface area contributed by atoms with E-state index in [9.17, 15) is 13.6 Å². The average Bonchev–Trinajstić information content (AvgIpc) is 3.07. The van der Waals surface area contributed by atoms with Gasteiger partial charge in [-0.05, 0) is 42.3 Å². The molecule has 2 aromatic carbocycles. The van der Waals surface area contributed by atoms with E-state index in [0.29, 0.717) is 39.6 Å². The van der Waals surface area contributed by atoms with Crippen molar-refractivity contribution in [1.29, 1.82) is 0 Å². The largest absolute Gasteiger partial charge is 0.435 e. The molecule has 0 aliphatic heterocycles. The number of carbonyl (C=O) groups excluding carboxylic acids is 1. The number of halogens is 4. The Balaban J connectivity index is 1.47. The molecule has 1 aromatic heterocycles. The van der Waals surface area contributed by atoms with Crippen LogP contribution in [0.25, 0.3) is 11.4 Å². The molecule has 0 spiro atoms. The van der Waals surface area contributed by atoms with Crippen molar-refractivity contribution in [1.82, 2.24) is 20.2 Å². The summed E-state index contributed by atoms with van der Waals surface area (Å²) in [7, 11) is 0. The quantitative estimate of drug-likeness (QED) is 0.349. The van der Waals surface area contributed by atoms with Crippen molar-refractivity contribution in [3.63, 3.8) is 0 Å². The van der Waals surface area contributed by atoms with E-state index in [2.05, 4.69) is 20.3 Å². The molecule has 0 saturated carbocycles. The third-order valence-electron chi connectivity index (χ3n) is 4.05. The molecule has 31 heavy (non-hydrogen) atoms. The SMILES string of the molecule is Nn1c(SCC(=O)NCCc2ccc(OC(F)F)cc2)nnc1-c1ccc(Cl)cc1Cl. The van der Waals surface area contributed by atoms with E-state index in [0.717, 1.165) is 17.3 Å². The molecule has 3 N–H and O–H groups in total. The van der Waals surface area contributed by atoms with Crippen molar-refractivity contribution in [2.24, 2.45) is 0 Å². The summed E-state index contributed by atoms with van der Waals surface area (Å²) < 4.78 is 29.9. The number of thioether (sulfide) groups is 1. The number of benzene rings is 2. The Morgan fingerprint density at radius 1 is 1.19 bits per heavy atom. The molecule has 12 heteroatoms. The highest BCUT2D eigenvalue weighted by molar-refractivity contribution is 7.99. The van der Waals surface area contributed by atoms with Crippen LogP contribution in [-0.2, 0) is 11.2 Å². The number of rotatable bonds is 9. The third kappa shape index (κ3) is 6.46. The number of ether oxygens (including phenoxy) is 1. The van der Waals surface area contributed by atoms with Gasteiger partial charge in [0.15, 0.2) is 5.82 Å². The lowest BCUT2D eigenvalue weighted by Gasteiger charge is -2.07. The van der Waals surface area contributed by atoms with Gasteiger partial charge in [-0.3, -0.25) is 4.79 Å². The minimum absolute atomic E-state index is 0.0874. The highest BCUT2D eigenvalue weighted by Crippen LogP contribution is 2.30. The zero-order valence-electron chi connectivity index (χ0n) is 15.9. The fraction of sp³-hybridized carbons (Fsp3) is 0.211. The average molecular weight is 488 g/mol. The number of nitrogens with one attached hydrogen (secondary N) is 1. The fourth-order valence-electron chi connectivity index (χ4n) is 2.59. The summed E-state index contributed by atoms with van der Waals surface area (Å²) in [4.78, 5) is 12.1. The highest BCUT2D eigenvalue weighted by Gasteiger charge is 2.16. The fourth-order valence-corrected chi connectivity index (χ4v) is 3.77. The van der Waals surface area contributed by atoms with Crippen LogP contribution in [0.1, 0.15) is 5.56 Å². The lowest BCUT2D eigenvalue weighted by Crippen LogP contribution is -2.27. The van der Waals surface area contributed by atoms with Gasteiger partial charge in [0.2, 0.25) is 11.1 Å². The Morgan fingerprint density at radius 2 is 1.94 bits per heavy atom. The number of nitrogens with two attached hydrogens (primary N) is 1. The van der Waals surface area contributed by atoms with E-state index in [1.54, 1.807) is 30.3 Å². The number of hydrogen-bond donors (Lipinski definition) is 2. The maximum Gasteiger partial charge on any atom is 0.387 e. The van der Waals surface area contributed by atoms with Crippen LogP contribution < -0.4 is 15.9 Å². The molecular weight excluding hydrogens is 471 g/mol. The van der Waals surface area contributed by atoms with Gasteiger partial charge in [-0.15, -0.1) is 10.2 Å². The first kappa shape index (κ1) is 23.1. The lowest BCUT2D eigenvalue weighted by atomic mass is 10.1. The van der Waals surface area contributed by atoms with Gasteiger partial charge >= 0.3 is 6.61 Å². The minimum Gasteiger partial charge on any atom is -0.435 e. The third-order valence-corrected chi connectivity index (χ3v) is 5.54. The number of carbonyl (C=O) groups is 1. The van der Waals surface area contributed by atoms with E-state index < -0.39 is 6.61 Å². The highest BCUT2D eigenvalue weighted by atomic mass is 35.5. The van der Waals surface area contributed by atoms with E-state index in [1.807, 2.05) is 0 Å². The van der Waals surface area contributed by atoms with Crippen LogP contribution in [0.5, 0.6) is 5.75 Å². The van der Waals surface area contributed by atoms with Gasteiger partial charge in [-0.2, -0.15) is 8.78 Å². The van der Waals surface area contributed by atoms with E-state index in [1.165, 1.54) is 16.8 Å². The van der Waals surface area contributed by atoms with Gasteiger partial charge in [0.25, 0.3) is 0 Å². The number of hydrogen-bond acceptors (Lipinski definition) is 6. The molecule has 0 atom stereocenters. The lowest BCUT2D eigenvalue weighted by molar-refractivity contribution is -0.118. The van der Waals surface area contributed by atoms with Crippen molar-refractivity contribution in [2.75, 3.05) is 18.1 Å². The number of alkyl halides is 2. The molecule has 0 saturated heterocycles. The van der Waals surface area contributed by atoms with Crippen LogP contribution in [-0.4, -0.2) is 39.7 Å². The van der Waals surface area contributed by atoms with Gasteiger partial charge in [-0.25, -0.2) is 4.68 Å². The summed E-state index contributed by atoms with van der Waals surface area (Å²) in [5.74, 6) is 6.35. The Bertz CT molecular complexity index is 1050. The van der Waals surface area contributed by atoms with Crippen molar-refractivity contribution in [3.8, 4) is 17.1 Å². The summed E-state index contributed by atoms with van der Waals surface area (Å²) in [5.41, 5.74) is 1.45. The molecule has 1 heterocycles. The van der Waals surface area contributed by atoms with Crippen molar-refractivity contribution in [3.05, 3.63) is 58.1 Å². The molecule has 0 aliphatic rings. The van der Waals surface area contributed by atoms with E-state index in [4.69, 9.17) is 29.0 Å². The summed E-state index contributed by atoms with van der Waals surface area (Å²) in [6.45, 7) is -2.48. The number of nitrogen functional groups attached to an aromatic ring is 1. The Morgan fingerprint density at radius 3 is 2.61 bits per heavy atom. The Kier molecular flexibility index (Phi) is 7.94. The zero-order valence-corrected chi connectivity index (χ0v) is 18.2. The van der Waals surface area contributed by atoms with Crippen molar-refractivity contribution < 1.29 is 18.3 Å². The number of aromatic nitrogens is 3. The van der Waals surface area contributed by atoms with Crippen LogP contribution in [0.4, 0.5) is 8.78 Å². The Labute approximate surface area is 190 Å². The number of amides is 1. The van der Waals surface area contributed by atoms with Crippen LogP contribution >= 0.6 is 35.0 Å². The molecule has 0 unspecified atom stereocenters. The summed E-state index contributed by atoms with van der Waals surface area (Å²) in [6, 6.07) is 11.2. The summed E-state index contributed by atoms with van der Waals surface area (Å²) in [6.07, 6.45) is 0.539. The summed E-state index contributed by atoms with van der Waals surface area (Å²) in [5, 5.41) is 12.0. The maximum atomic E-state index is 12.2. The molecule has 0 radical (unpaired) electrons. The Hall–Kier alpha value is -2.56. The predicted octanol–water partition coefficient (Wildman–Crippen LogP) is 4.02. The van der Waals surface area contributed by atoms with Gasteiger partial charge in [0, 0.05) is 17.1 Å². The molecule has 0 bridgehead atoms.